The lowest BCUT2D eigenvalue weighted by Gasteiger charge is -2.14. The number of halogens is 1. The summed E-state index contributed by atoms with van der Waals surface area (Å²) in [7, 11) is 0. The Hall–Kier alpha value is -1.07. The van der Waals surface area contributed by atoms with Crippen molar-refractivity contribution in [2.45, 2.75) is 26.8 Å². The second-order valence-electron chi connectivity index (χ2n) is 4.83. The van der Waals surface area contributed by atoms with E-state index in [1.54, 1.807) is 6.92 Å². The van der Waals surface area contributed by atoms with Gasteiger partial charge >= 0.3 is 5.69 Å². The van der Waals surface area contributed by atoms with Gasteiger partial charge in [0.05, 0.1) is 0 Å². The average molecular weight is 272 g/mol. The van der Waals surface area contributed by atoms with Crippen LogP contribution in [-0.2, 0) is 6.54 Å². The van der Waals surface area contributed by atoms with Gasteiger partial charge in [-0.25, -0.2) is 4.79 Å². The molecule has 2 heterocycles. The van der Waals surface area contributed by atoms with Crippen molar-refractivity contribution in [1.82, 2.24) is 14.5 Å². The lowest BCUT2D eigenvalue weighted by molar-refractivity contribution is 0.330. The van der Waals surface area contributed by atoms with E-state index in [2.05, 4.69) is 16.8 Å². The van der Waals surface area contributed by atoms with Gasteiger partial charge in [0.1, 0.15) is 5.15 Å². The molecular formula is C12H18ClN3O2. The van der Waals surface area contributed by atoms with Crippen LogP contribution in [0.1, 0.15) is 18.9 Å². The number of hydrogen-bond donors (Lipinski definition) is 1. The van der Waals surface area contributed by atoms with Gasteiger partial charge < -0.3 is 4.90 Å². The number of aromatic nitrogens is 2. The van der Waals surface area contributed by atoms with Gasteiger partial charge in [-0.15, -0.1) is 0 Å². The van der Waals surface area contributed by atoms with Crippen LogP contribution < -0.4 is 11.2 Å². The minimum Gasteiger partial charge on any atom is -0.303 e. The van der Waals surface area contributed by atoms with Gasteiger partial charge in [-0.1, -0.05) is 18.5 Å². The summed E-state index contributed by atoms with van der Waals surface area (Å²) in [6, 6.07) is 0. The first kappa shape index (κ1) is 13.4. The number of nitrogens with one attached hydrogen (secondary N) is 1. The first-order valence-corrected chi connectivity index (χ1v) is 6.62. The molecule has 0 amide bonds. The largest absolute Gasteiger partial charge is 0.329 e. The summed E-state index contributed by atoms with van der Waals surface area (Å²) in [4.78, 5) is 28.6. The van der Waals surface area contributed by atoms with Crippen molar-refractivity contribution < 1.29 is 0 Å². The number of rotatable bonds is 3. The number of aromatic amines is 1. The third-order valence-corrected chi connectivity index (χ3v) is 3.99. The molecule has 1 N–H and O–H groups in total. The maximum atomic E-state index is 12.0. The number of H-pyrrole nitrogens is 1. The van der Waals surface area contributed by atoms with E-state index in [9.17, 15) is 9.59 Å². The van der Waals surface area contributed by atoms with Crippen molar-refractivity contribution >= 4 is 11.6 Å². The van der Waals surface area contributed by atoms with Crippen LogP contribution in [0.15, 0.2) is 9.59 Å². The molecule has 0 spiro atoms. The predicted molar refractivity (Wildman–Crippen MR) is 71.3 cm³/mol. The summed E-state index contributed by atoms with van der Waals surface area (Å²) in [5, 5.41) is 0.142. The molecule has 2 rings (SSSR count). The normalized spacial score (nSPS) is 20.5. The standard InChI is InChI=1S/C12H18ClN3O2/c1-3-15-5-4-9(6-15)7-16-11(17)8(2)10(13)14-12(16)18/h9H,3-7H2,1-2H3,(H,14,18). The summed E-state index contributed by atoms with van der Waals surface area (Å²) in [6.07, 6.45) is 1.03. The van der Waals surface area contributed by atoms with E-state index in [1.807, 2.05) is 0 Å². The molecule has 0 radical (unpaired) electrons. The second kappa shape index (κ2) is 5.28. The highest BCUT2D eigenvalue weighted by Gasteiger charge is 2.23. The molecule has 100 valence electrons. The monoisotopic (exact) mass is 271 g/mol. The third-order valence-electron chi connectivity index (χ3n) is 3.61. The topological polar surface area (TPSA) is 58.1 Å². The Bertz CT molecular complexity index is 549. The highest BCUT2D eigenvalue weighted by molar-refractivity contribution is 6.30. The molecule has 6 heteroatoms. The van der Waals surface area contributed by atoms with Crippen molar-refractivity contribution in [2.75, 3.05) is 19.6 Å². The molecule has 1 unspecified atom stereocenters. The number of hydrogen-bond acceptors (Lipinski definition) is 3. The van der Waals surface area contributed by atoms with E-state index in [0.29, 0.717) is 18.0 Å². The van der Waals surface area contributed by atoms with E-state index in [1.165, 1.54) is 4.57 Å². The zero-order valence-electron chi connectivity index (χ0n) is 10.7. The van der Waals surface area contributed by atoms with Crippen LogP contribution in [0, 0.1) is 12.8 Å². The van der Waals surface area contributed by atoms with Gasteiger partial charge in [0.15, 0.2) is 0 Å². The molecular weight excluding hydrogens is 254 g/mol. The molecule has 0 aliphatic carbocycles. The van der Waals surface area contributed by atoms with E-state index >= 15 is 0 Å². The minimum absolute atomic E-state index is 0.142. The van der Waals surface area contributed by atoms with Crippen molar-refractivity contribution in [1.29, 1.82) is 0 Å². The number of likely N-dealkylation sites (tertiary alicyclic amines) is 1. The van der Waals surface area contributed by atoms with Gasteiger partial charge in [-0.2, -0.15) is 0 Å². The van der Waals surface area contributed by atoms with Gasteiger partial charge in [0.2, 0.25) is 0 Å². The Morgan fingerprint density at radius 3 is 2.78 bits per heavy atom. The zero-order valence-corrected chi connectivity index (χ0v) is 11.5. The maximum absolute atomic E-state index is 12.0. The summed E-state index contributed by atoms with van der Waals surface area (Å²) >= 11 is 5.78. The Morgan fingerprint density at radius 2 is 2.17 bits per heavy atom. The van der Waals surface area contributed by atoms with Crippen LogP contribution in [0.25, 0.3) is 0 Å². The first-order chi connectivity index (χ1) is 8.52. The van der Waals surface area contributed by atoms with Crippen molar-refractivity contribution in [3.8, 4) is 0 Å². The minimum atomic E-state index is -0.412. The summed E-state index contributed by atoms with van der Waals surface area (Å²) in [6.45, 7) is 7.23. The Kier molecular flexibility index (Phi) is 3.92. The molecule has 1 fully saturated rings. The molecule has 0 saturated carbocycles. The van der Waals surface area contributed by atoms with Crippen molar-refractivity contribution in [3.05, 3.63) is 31.6 Å². The fourth-order valence-corrected chi connectivity index (χ4v) is 2.58. The van der Waals surface area contributed by atoms with Crippen LogP contribution in [0.5, 0.6) is 0 Å². The molecule has 0 aromatic carbocycles. The summed E-state index contributed by atoms with van der Waals surface area (Å²) < 4.78 is 1.27. The lowest BCUT2D eigenvalue weighted by Crippen LogP contribution is -2.39. The molecule has 1 aliphatic heterocycles. The molecule has 5 nitrogen and oxygen atoms in total. The molecule has 1 aliphatic rings. The molecule has 18 heavy (non-hydrogen) atoms. The SMILES string of the molecule is CCN1CCC(Cn2c(=O)[nH]c(Cl)c(C)c2=O)C1. The lowest BCUT2D eigenvalue weighted by atomic mass is 10.1. The summed E-state index contributed by atoms with van der Waals surface area (Å²) in [5.41, 5.74) is -0.286. The average Bonchev–Trinajstić information content (AvgIpc) is 2.80. The van der Waals surface area contributed by atoms with Gasteiger partial charge in [-0.05, 0) is 32.4 Å². The molecule has 1 saturated heterocycles. The van der Waals surface area contributed by atoms with E-state index in [-0.39, 0.29) is 10.7 Å². The Labute approximate surface area is 110 Å². The second-order valence-corrected chi connectivity index (χ2v) is 5.21. The van der Waals surface area contributed by atoms with Crippen LogP contribution in [0.2, 0.25) is 5.15 Å². The quantitative estimate of drug-likeness (QED) is 0.829. The van der Waals surface area contributed by atoms with Crippen LogP contribution in [0.3, 0.4) is 0 Å². The van der Waals surface area contributed by atoms with Gasteiger partial charge in [0.25, 0.3) is 5.56 Å². The zero-order chi connectivity index (χ0) is 13.3. The van der Waals surface area contributed by atoms with Gasteiger partial charge in [-0.3, -0.25) is 14.3 Å². The fraction of sp³-hybridized carbons (Fsp3) is 0.667. The predicted octanol–water partition coefficient (Wildman–Crippen LogP) is 0.840. The highest BCUT2D eigenvalue weighted by atomic mass is 35.5. The van der Waals surface area contributed by atoms with Crippen molar-refractivity contribution in [2.24, 2.45) is 5.92 Å². The molecule has 1 atom stereocenters. The highest BCUT2D eigenvalue weighted by Crippen LogP contribution is 2.16. The smallest absolute Gasteiger partial charge is 0.303 e. The first-order valence-electron chi connectivity index (χ1n) is 6.24. The van der Waals surface area contributed by atoms with Crippen molar-refractivity contribution in [3.63, 3.8) is 0 Å². The Balaban J connectivity index is 2.23. The maximum Gasteiger partial charge on any atom is 0.329 e. The number of nitrogens with zero attached hydrogens (tertiary/aromatic N) is 2. The van der Waals surface area contributed by atoms with E-state index < -0.39 is 5.69 Å². The summed E-state index contributed by atoms with van der Waals surface area (Å²) in [5.74, 6) is 0.365. The third kappa shape index (κ3) is 2.52. The van der Waals surface area contributed by atoms with E-state index in [0.717, 1.165) is 26.1 Å². The van der Waals surface area contributed by atoms with E-state index in [4.69, 9.17) is 11.6 Å². The van der Waals surface area contributed by atoms with Crippen LogP contribution in [-0.4, -0.2) is 34.1 Å². The Morgan fingerprint density at radius 1 is 1.44 bits per heavy atom. The van der Waals surface area contributed by atoms with Gasteiger partial charge in [0, 0.05) is 18.7 Å². The molecule has 1 aromatic rings. The fourth-order valence-electron chi connectivity index (χ4n) is 2.42. The molecule has 0 bridgehead atoms. The molecule has 1 aromatic heterocycles. The van der Waals surface area contributed by atoms with Crippen LogP contribution in [0.4, 0.5) is 0 Å². The van der Waals surface area contributed by atoms with Crippen LogP contribution >= 0.6 is 11.6 Å².